The minimum absolute atomic E-state index is 0.233. The molecule has 0 aromatic carbocycles. The standard InChI is InChI=1S/C14H21N3O2/c1-10-15-7-12(8-16-10)11-5-6-17(9-11)13(18)19-14(2,3)4/h7-8,11H,5-6,9H2,1-4H3. The number of carbonyl (C=O) groups excluding carboxylic acids is 1. The highest BCUT2D eigenvalue weighted by Gasteiger charge is 2.30. The van der Waals surface area contributed by atoms with Crippen LogP contribution in [0.2, 0.25) is 0 Å². The first kappa shape index (κ1) is 13.8. The van der Waals surface area contributed by atoms with Crippen LogP contribution in [0, 0.1) is 6.92 Å². The third-order valence-corrected chi connectivity index (χ3v) is 3.11. The smallest absolute Gasteiger partial charge is 0.410 e. The van der Waals surface area contributed by atoms with Crippen molar-refractivity contribution in [2.75, 3.05) is 13.1 Å². The molecule has 0 N–H and O–H groups in total. The van der Waals surface area contributed by atoms with Crippen molar-refractivity contribution in [3.8, 4) is 0 Å². The third-order valence-electron chi connectivity index (χ3n) is 3.11. The van der Waals surface area contributed by atoms with Gasteiger partial charge in [0.05, 0.1) is 0 Å². The van der Waals surface area contributed by atoms with Gasteiger partial charge in [-0.15, -0.1) is 0 Å². The summed E-state index contributed by atoms with van der Waals surface area (Å²) in [6, 6.07) is 0. The molecule has 1 aromatic rings. The molecule has 0 aliphatic carbocycles. The van der Waals surface area contributed by atoms with E-state index in [9.17, 15) is 4.79 Å². The molecule has 2 rings (SSSR count). The maximum atomic E-state index is 12.0. The number of hydrogen-bond acceptors (Lipinski definition) is 4. The van der Waals surface area contributed by atoms with Gasteiger partial charge in [0.2, 0.25) is 0 Å². The molecule has 1 amide bonds. The van der Waals surface area contributed by atoms with Crippen LogP contribution in [-0.4, -0.2) is 39.7 Å². The molecule has 5 nitrogen and oxygen atoms in total. The van der Waals surface area contributed by atoms with Gasteiger partial charge in [-0.1, -0.05) is 0 Å². The second-order valence-electron chi connectivity index (χ2n) is 5.98. The predicted octanol–water partition coefficient (Wildman–Crippen LogP) is 2.51. The molecule has 19 heavy (non-hydrogen) atoms. The van der Waals surface area contributed by atoms with Gasteiger partial charge in [0.15, 0.2) is 0 Å². The van der Waals surface area contributed by atoms with Gasteiger partial charge in [0, 0.05) is 31.4 Å². The van der Waals surface area contributed by atoms with Crippen molar-refractivity contribution in [3.05, 3.63) is 23.8 Å². The first-order chi connectivity index (χ1) is 8.85. The zero-order chi connectivity index (χ0) is 14.0. The van der Waals surface area contributed by atoms with Crippen LogP contribution in [0.25, 0.3) is 0 Å². The van der Waals surface area contributed by atoms with E-state index in [1.165, 1.54) is 0 Å². The summed E-state index contributed by atoms with van der Waals surface area (Å²) in [5, 5.41) is 0. The van der Waals surface area contributed by atoms with Crippen molar-refractivity contribution in [3.63, 3.8) is 0 Å². The molecule has 1 atom stereocenters. The van der Waals surface area contributed by atoms with Crippen molar-refractivity contribution >= 4 is 6.09 Å². The van der Waals surface area contributed by atoms with Crippen LogP contribution < -0.4 is 0 Å². The minimum atomic E-state index is -0.442. The molecule has 1 fully saturated rings. The lowest BCUT2D eigenvalue weighted by molar-refractivity contribution is 0.0292. The predicted molar refractivity (Wildman–Crippen MR) is 71.9 cm³/mol. The van der Waals surface area contributed by atoms with E-state index in [4.69, 9.17) is 4.74 Å². The highest BCUT2D eigenvalue weighted by Crippen LogP contribution is 2.27. The molecule has 1 unspecified atom stereocenters. The number of carbonyl (C=O) groups is 1. The molecule has 1 aliphatic heterocycles. The van der Waals surface area contributed by atoms with Crippen molar-refractivity contribution in [2.24, 2.45) is 0 Å². The Morgan fingerprint density at radius 1 is 1.37 bits per heavy atom. The van der Waals surface area contributed by atoms with Crippen LogP contribution in [0.15, 0.2) is 12.4 Å². The quantitative estimate of drug-likeness (QED) is 0.781. The fourth-order valence-electron chi connectivity index (χ4n) is 2.14. The van der Waals surface area contributed by atoms with E-state index in [-0.39, 0.29) is 6.09 Å². The van der Waals surface area contributed by atoms with E-state index in [0.717, 1.165) is 24.4 Å². The number of likely N-dealkylation sites (tertiary alicyclic amines) is 1. The molecular weight excluding hydrogens is 242 g/mol. The summed E-state index contributed by atoms with van der Waals surface area (Å²) in [4.78, 5) is 22.1. The lowest BCUT2D eigenvalue weighted by Crippen LogP contribution is -2.35. The van der Waals surface area contributed by atoms with Crippen molar-refractivity contribution < 1.29 is 9.53 Å². The summed E-state index contributed by atoms with van der Waals surface area (Å²) >= 11 is 0. The molecule has 0 bridgehead atoms. The molecule has 0 saturated carbocycles. The first-order valence-electron chi connectivity index (χ1n) is 6.61. The van der Waals surface area contributed by atoms with Crippen LogP contribution in [0.4, 0.5) is 4.79 Å². The zero-order valence-electron chi connectivity index (χ0n) is 12.0. The molecule has 1 aliphatic rings. The van der Waals surface area contributed by atoms with Gasteiger partial charge in [0.25, 0.3) is 0 Å². The number of hydrogen-bond donors (Lipinski definition) is 0. The summed E-state index contributed by atoms with van der Waals surface area (Å²) < 4.78 is 5.38. The average Bonchev–Trinajstić information content (AvgIpc) is 2.77. The normalized spacial score (nSPS) is 19.6. The number of aromatic nitrogens is 2. The molecule has 104 valence electrons. The second kappa shape index (κ2) is 5.15. The van der Waals surface area contributed by atoms with Crippen LogP contribution in [-0.2, 0) is 4.74 Å². The first-order valence-corrected chi connectivity index (χ1v) is 6.61. The molecule has 1 aromatic heterocycles. The Labute approximate surface area is 114 Å². The summed E-state index contributed by atoms with van der Waals surface area (Å²) in [5.74, 6) is 1.08. The van der Waals surface area contributed by atoms with Crippen LogP contribution in [0.5, 0.6) is 0 Å². The molecule has 0 spiro atoms. The highest BCUT2D eigenvalue weighted by molar-refractivity contribution is 5.68. The average molecular weight is 263 g/mol. The Hall–Kier alpha value is -1.65. The van der Waals surface area contributed by atoms with E-state index in [2.05, 4.69) is 9.97 Å². The number of amides is 1. The van der Waals surface area contributed by atoms with Gasteiger partial charge < -0.3 is 9.64 Å². The Bertz CT molecular complexity index is 451. The van der Waals surface area contributed by atoms with Gasteiger partial charge in [-0.25, -0.2) is 14.8 Å². The van der Waals surface area contributed by atoms with E-state index in [1.54, 1.807) is 4.90 Å². The summed E-state index contributed by atoms with van der Waals surface area (Å²) in [6.45, 7) is 8.92. The van der Waals surface area contributed by atoms with Crippen molar-refractivity contribution in [1.29, 1.82) is 0 Å². The van der Waals surface area contributed by atoms with Crippen LogP contribution >= 0.6 is 0 Å². The lowest BCUT2D eigenvalue weighted by Gasteiger charge is -2.24. The topological polar surface area (TPSA) is 55.3 Å². The van der Waals surface area contributed by atoms with E-state index < -0.39 is 5.60 Å². The Kier molecular flexibility index (Phi) is 3.73. The second-order valence-corrected chi connectivity index (χ2v) is 5.98. The molecule has 5 heteroatoms. The Morgan fingerprint density at radius 2 is 2.00 bits per heavy atom. The maximum absolute atomic E-state index is 12.0. The van der Waals surface area contributed by atoms with Crippen LogP contribution in [0.1, 0.15) is 44.5 Å². The van der Waals surface area contributed by atoms with Gasteiger partial charge in [-0.3, -0.25) is 0 Å². The number of nitrogens with zero attached hydrogens (tertiary/aromatic N) is 3. The maximum Gasteiger partial charge on any atom is 0.410 e. The lowest BCUT2D eigenvalue weighted by atomic mass is 10.0. The fourth-order valence-corrected chi connectivity index (χ4v) is 2.14. The zero-order valence-corrected chi connectivity index (χ0v) is 12.0. The minimum Gasteiger partial charge on any atom is -0.444 e. The highest BCUT2D eigenvalue weighted by atomic mass is 16.6. The summed E-state index contributed by atoms with van der Waals surface area (Å²) in [7, 11) is 0. The van der Waals surface area contributed by atoms with Gasteiger partial charge in [-0.2, -0.15) is 0 Å². The summed E-state index contributed by atoms with van der Waals surface area (Å²) in [6.07, 6.45) is 4.41. The van der Waals surface area contributed by atoms with E-state index in [1.807, 2.05) is 40.1 Å². The van der Waals surface area contributed by atoms with E-state index >= 15 is 0 Å². The van der Waals surface area contributed by atoms with Crippen molar-refractivity contribution in [2.45, 2.75) is 45.6 Å². The Balaban J connectivity index is 1.96. The monoisotopic (exact) mass is 263 g/mol. The Morgan fingerprint density at radius 3 is 2.58 bits per heavy atom. The van der Waals surface area contributed by atoms with Crippen molar-refractivity contribution in [1.82, 2.24) is 14.9 Å². The number of ether oxygens (including phenoxy) is 1. The number of aryl methyl sites for hydroxylation is 1. The molecule has 1 saturated heterocycles. The third kappa shape index (κ3) is 3.66. The molecular formula is C14H21N3O2. The van der Waals surface area contributed by atoms with Gasteiger partial charge in [-0.05, 0) is 39.7 Å². The fraction of sp³-hybridized carbons (Fsp3) is 0.643. The van der Waals surface area contributed by atoms with Gasteiger partial charge >= 0.3 is 6.09 Å². The van der Waals surface area contributed by atoms with Gasteiger partial charge in [0.1, 0.15) is 11.4 Å². The largest absolute Gasteiger partial charge is 0.444 e. The summed E-state index contributed by atoms with van der Waals surface area (Å²) in [5.41, 5.74) is 0.652. The molecule has 0 radical (unpaired) electrons. The van der Waals surface area contributed by atoms with Crippen LogP contribution in [0.3, 0.4) is 0 Å². The SMILES string of the molecule is Cc1ncc(C2CCN(C(=O)OC(C)(C)C)C2)cn1. The van der Waals surface area contributed by atoms with E-state index in [0.29, 0.717) is 12.5 Å². The number of rotatable bonds is 1. The molecule has 2 heterocycles.